The Balaban J connectivity index is 0. The molecule has 0 aliphatic heterocycles. The van der Waals surface area contributed by atoms with Crippen LogP contribution < -0.4 is 9.64 Å². The fraction of sp³-hybridized carbons (Fsp3) is 0.300. The standard InChI is InChI=1S/C9H8N2.C9H13NO.C2H6/c1-3-5-9(7-11)8(4-2)6-10;1-10(2)8-4-6-9(11-3)7-5-8;1-2/h3-5H,1H2,2H3;4-7H,1-3H3;1-2H3/b8-4-,9-5-;;. The van der Waals surface area contributed by atoms with Crippen LogP contribution in [0.3, 0.4) is 0 Å². The summed E-state index contributed by atoms with van der Waals surface area (Å²) in [5.74, 6) is 0.899. The van der Waals surface area contributed by atoms with Crippen LogP contribution in [0.15, 0.2) is 60.2 Å². The monoisotopic (exact) mass is 325 g/mol. The molecule has 128 valence electrons. The first-order valence-corrected chi connectivity index (χ1v) is 7.65. The fourth-order valence-electron chi connectivity index (χ4n) is 1.47. The second kappa shape index (κ2) is 14.9. The lowest BCUT2D eigenvalue weighted by Gasteiger charge is -2.11. The van der Waals surface area contributed by atoms with E-state index in [2.05, 4.69) is 11.5 Å². The molecule has 0 N–H and O–H groups in total. The Bertz CT molecular complexity index is 612. The van der Waals surface area contributed by atoms with E-state index in [-0.39, 0.29) is 0 Å². The molecule has 0 aromatic heterocycles. The largest absolute Gasteiger partial charge is 0.497 e. The molecule has 0 bridgehead atoms. The Labute approximate surface area is 146 Å². The van der Waals surface area contributed by atoms with Gasteiger partial charge in [0.2, 0.25) is 0 Å². The Morgan fingerprint density at radius 3 is 1.88 bits per heavy atom. The molecule has 4 nitrogen and oxygen atoms in total. The normalized spacial score (nSPS) is 9.83. The molecule has 24 heavy (non-hydrogen) atoms. The van der Waals surface area contributed by atoms with E-state index in [1.165, 1.54) is 17.8 Å². The van der Waals surface area contributed by atoms with E-state index in [0.717, 1.165) is 5.75 Å². The van der Waals surface area contributed by atoms with Gasteiger partial charge >= 0.3 is 0 Å². The number of allylic oxidation sites excluding steroid dienone is 5. The lowest BCUT2D eigenvalue weighted by molar-refractivity contribution is 0.415. The van der Waals surface area contributed by atoms with E-state index in [1.54, 1.807) is 20.1 Å². The van der Waals surface area contributed by atoms with Gasteiger partial charge in [-0.05, 0) is 37.3 Å². The van der Waals surface area contributed by atoms with E-state index in [1.807, 2.05) is 64.3 Å². The third kappa shape index (κ3) is 9.12. The highest BCUT2D eigenvalue weighted by atomic mass is 16.5. The molecule has 0 saturated carbocycles. The van der Waals surface area contributed by atoms with Crippen LogP contribution in [0.1, 0.15) is 20.8 Å². The van der Waals surface area contributed by atoms with E-state index < -0.39 is 0 Å². The second-order valence-electron chi connectivity index (χ2n) is 4.33. The predicted molar refractivity (Wildman–Crippen MR) is 102 cm³/mol. The van der Waals surface area contributed by atoms with Crippen LogP contribution in [0, 0.1) is 22.7 Å². The van der Waals surface area contributed by atoms with E-state index >= 15 is 0 Å². The molecule has 1 aromatic carbocycles. The van der Waals surface area contributed by atoms with Crippen molar-refractivity contribution >= 4 is 5.69 Å². The third-order valence-electron chi connectivity index (χ3n) is 2.69. The molecule has 0 fully saturated rings. The summed E-state index contributed by atoms with van der Waals surface area (Å²) in [7, 11) is 5.70. The average molecular weight is 325 g/mol. The van der Waals surface area contributed by atoms with Crippen molar-refractivity contribution in [3.05, 3.63) is 60.2 Å². The van der Waals surface area contributed by atoms with Gasteiger partial charge in [-0.2, -0.15) is 10.5 Å². The van der Waals surface area contributed by atoms with Crippen molar-refractivity contribution in [2.75, 3.05) is 26.1 Å². The highest BCUT2D eigenvalue weighted by Crippen LogP contribution is 2.16. The van der Waals surface area contributed by atoms with Gasteiger partial charge in [-0.1, -0.05) is 32.6 Å². The summed E-state index contributed by atoms with van der Waals surface area (Å²) in [6.07, 6.45) is 4.59. The SMILES string of the molecule is C=C/C=C(C#N)\C(C#N)=C/C.CC.COc1ccc(N(C)C)cc1. The number of ether oxygens (including phenoxy) is 1. The molecule has 0 aliphatic rings. The van der Waals surface area contributed by atoms with Crippen LogP contribution in [-0.4, -0.2) is 21.2 Å². The van der Waals surface area contributed by atoms with Gasteiger partial charge in [-0.3, -0.25) is 0 Å². The molecular weight excluding hydrogens is 298 g/mol. The summed E-state index contributed by atoms with van der Waals surface area (Å²) in [5, 5.41) is 17.0. The van der Waals surface area contributed by atoms with Crippen molar-refractivity contribution in [2.24, 2.45) is 0 Å². The summed E-state index contributed by atoms with van der Waals surface area (Å²) in [6.45, 7) is 9.15. The highest BCUT2D eigenvalue weighted by Gasteiger charge is 1.98. The topological polar surface area (TPSA) is 60.1 Å². The summed E-state index contributed by atoms with van der Waals surface area (Å²) in [6, 6.07) is 11.8. The number of nitrogens with zero attached hydrogens (tertiary/aromatic N) is 3. The predicted octanol–water partition coefficient (Wildman–Crippen LogP) is 4.88. The third-order valence-corrected chi connectivity index (χ3v) is 2.69. The first-order valence-electron chi connectivity index (χ1n) is 7.65. The molecular formula is C20H27N3O. The molecule has 4 heteroatoms. The highest BCUT2D eigenvalue weighted by molar-refractivity contribution is 5.50. The minimum atomic E-state index is 0.352. The maximum Gasteiger partial charge on any atom is 0.119 e. The Morgan fingerprint density at radius 1 is 1.08 bits per heavy atom. The van der Waals surface area contributed by atoms with Gasteiger partial charge in [-0.25, -0.2) is 0 Å². The fourth-order valence-corrected chi connectivity index (χ4v) is 1.47. The van der Waals surface area contributed by atoms with Crippen LogP contribution >= 0.6 is 0 Å². The number of hydrogen-bond donors (Lipinski definition) is 0. The maximum atomic E-state index is 8.53. The molecule has 0 radical (unpaired) electrons. The van der Waals surface area contributed by atoms with Gasteiger partial charge in [0.05, 0.1) is 18.3 Å². The van der Waals surface area contributed by atoms with Gasteiger partial charge in [0.1, 0.15) is 17.9 Å². The van der Waals surface area contributed by atoms with Crippen LogP contribution in [0.2, 0.25) is 0 Å². The van der Waals surface area contributed by atoms with Crippen molar-refractivity contribution in [3.8, 4) is 17.9 Å². The minimum absolute atomic E-state index is 0.352. The summed E-state index contributed by atoms with van der Waals surface area (Å²) in [5.41, 5.74) is 1.92. The van der Waals surface area contributed by atoms with E-state index in [9.17, 15) is 0 Å². The zero-order valence-electron chi connectivity index (χ0n) is 15.5. The van der Waals surface area contributed by atoms with E-state index in [0.29, 0.717) is 11.1 Å². The lowest BCUT2D eigenvalue weighted by Crippen LogP contribution is -2.07. The molecule has 0 aliphatic carbocycles. The average Bonchev–Trinajstić information content (AvgIpc) is 2.64. The Kier molecular flexibility index (Phi) is 14.5. The van der Waals surface area contributed by atoms with Crippen LogP contribution in [0.25, 0.3) is 0 Å². The Morgan fingerprint density at radius 2 is 1.58 bits per heavy atom. The van der Waals surface area contributed by atoms with Crippen molar-refractivity contribution < 1.29 is 4.74 Å². The summed E-state index contributed by atoms with van der Waals surface area (Å²) < 4.78 is 5.03. The van der Waals surface area contributed by atoms with Gasteiger partial charge in [0.15, 0.2) is 0 Å². The molecule has 0 amide bonds. The van der Waals surface area contributed by atoms with Gasteiger partial charge in [-0.15, -0.1) is 0 Å². The van der Waals surface area contributed by atoms with Crippen molar-refractivity contribution in [1.29, 1.82) is 10.5 Å². The number of methoxy groups -OCH3 is 1. The van der Waals surface area contributed by atoms with E-state index in [4.69, 9.17) is 15.3 Å². The number of nitriles is 2. The van der Waals surface area contributed by atoms with Gasteiger partial charge < -0.3 is 9.64 Å². The van der Waals surface area contributed by atoms with Gasteiger partial charge in [0.25, 0.3) is 0 Å². The second-order valence-corrected chi connectivity index (χ2v) is 4.33. The molecule has 0 atom stereocenters. The maximum absolute atomic E-state index is 8.53. The number of anilines is 1. The number of rotatable bonds is 4. The van der Waals surface area contributed by atoms with Crippen LogP contribution in [-0.2, 0) is 0 Å². The van der Waals surface area contributed by atoms with Gasteiger partial charge in [0, 0.05) is 19.8 Å². The first-order chi connectivity index (χ1) is 11.5. The lowest BCUT2D eigenvalue weighted by atomic mass is 10.1. The first kappa shape index (κ1) is 23.3. The number of benzene rings is 1. The quantitative estimate of drug-likeness (QED) is 0.585. The van der Waals surface area contributed by atoms with Crippen LogP contribution in [0.4, 0.5) is 5.69 Å². The zero-order valence-corrected chi connectivity index (χ0v) is 15.5. The molecule has 0 saturated heterocycles. The van der Waals surface area contributed by atoms with Crippen molar-refractivity contribution in [2.45, 2.75) is 20.8 Å². The smallest absolute Gasteiger partial charge is 0.119 e. The van der Waals surface area contributed by atoms with Crippen molar-refractivity contribution in [3.63, 3.8) is 0 Å². The Hall–Kier alpha value is -2.98. The summed E-state index contributed by atoms with van der Waals surface area (Å²) >= 11 is 0. The number of hydrogen-bond acceptors (Lipinski definition) is 4. The molecule has 0 heterocycles. The van der Waals surface area contributed by atoms with Crippen molar-refractivity contribution in [1.82, 2.24) is 0 Å². The molecule has 0 spiro atoms. The molecule has 0 unspecified atom stereocenters. The molecule has 1 rings (SSSR count). The zero-order chi connectivity index (χ0) is 19.0. The van der Waals surface area contributed by atoms with Crippen LogP contribution in [0.5, 0.6) is 5.75 Å². The molecule has 1 aromatic rings. The minimum Gasteiger partial charge on any atom is -0.497 e. The summed E-state index contributed by atoms with van der Waals surface area (Å²) in [4.78, 5) is 2.06.